The molecular formula is C12H23ClN2. The van der Waals surface area contributed by atoms with Crippen LogP contribution in [-0.4, -0.2) is 4.98 Å². The Balaban J connectivity index is 0.00000196. The van der Waals surface area contributed by atoms with Crippen LogP contribution in [-0.2, 0) is 0 Å². The van der Waals surface area contributed by atoms with Crippen molar-refractivity contribution in [2.45, 2.75) is 58.9 Å². The van der Waals surface area contributed by atoms with Gasteiger partial charge in [0.1, 0.15) is 12.4 Å². The maximum Gasteiger partial charge on any atom is 0.251 e. The molecule has 1 rings (SSSR count). The molecule has 3 heteroatoms. The van der Waals surface area contributed by atoms with Crippen LogP contribution in [0, 0.1) is 6.92 Å². The summed E-state index contributed by atoms with van der Waals surface area (Å²) in [4.78, 5) is 3.21. The molecule has 0 spiro atoms. The lowest BCUT2D eigenvalue weighted by Gasteiger charge is -2.08. The molecule has 0 aliphatic heterocycles. The van der Waals surface area contributed by atoms with E-state index in [1.54, 1.807) is 0 Å². The third-order valence-electron chi connectivity index (χ3n) is 2.86. The van der Waals surface area contributed by atoms with Gasteiger partial charge >= 0.3 is 0 Å². The van der Waals surface area contributed by atoms with Crippen LogP contribution in [0.4, 0.5) is 0 Å². The van der Waals surface area contributed by atoms with Crippen molar-refractivity contribution in [2.24, 2.45) is 0 Å². The van der Waals surface area contributed by atoms with Crippen molar-refractivity contribution in [2.75, 3.05) is 0 Å². The van der Waals surface area contributed by atoms with Crippen molar-refractivity contribution < 1.29 is 17.0 Å². The van der Waals surface area contributed by atoms with E-state index in [2.05, 4.69) is 36.5 Å². The highest BCUT2D eigenvalue weighted by molar-refractivity contribution is 4.72. The molecule has 0 aliphatic rings. The molecule has 0 radical (unpaired) electrons. The number of unbranched alkanes of at least 4 members (excludes halogenated alkanes) is 3. The minimum absolute atomic E-state index is 0. The largest absolute Gasteiger partial charge is 1.00 e. The fourth-order valence-corrected chi connectivity index (χ4v) is 1.91. The molecule has 0 amide bonds. The molecule has 0 saturated carbocycles. The molecule has 1 aromatic rings. The minimum Gasteiger partial charge on any atom is -1.00 e. The highest BCUT2D eigenvalue weighted by Crippen LogP contribution is 2.10. The van der Waals surface area contributed by atoms with Crippen LogP contribution in [0.15, 0.2) is 12.4 Å². The van der Waals surface area contributed by atoms with E-state index in [1.807, 2.05) is 6.20 Å². The molecule has 0 saturated heterocycles. The normalized spacial score (nSPS) is 12.2. The summed E-state index contributed by atoms with van der Waals surface area (Å²) < 4.78 is 2.33. The molecule has 1 unspecified atom stereocenters. The Hall–Kier alpha value is -0.500. The van der Waals surface area contributed by atoms with Crippen LogP contribution >= 0.6 is 0 Å². The fraction of sp³-hybridized carbons (Fsp3) is 0.750. The second-order valence-corrected chi connectivity index (χ2v) is 4.15. The van der Waals surface area contributed by atoms with Crippen molar-refractivity contribution in [3.05, 3.63) is 18.2 Å². The first-order valence-corrected chi connectivity index (χ1v) is 5.80. The fourth-order valence-electron chi connectivity index (χ4n) is 1.91. The molecule has 88 valence electrons. The summed E-state index contributed by atoms with van der Waals surface area (Å²) in [5.41, 5.74) is 0. The predicted octanol–water partition coefficient (Wildman–Crippen LogP) is 0.146. The van der Waals surface area contributed by atoms with E-state index in [0.29, 0.717) is 6.04 Å². The van der Waals surface area contributed by atoms with Gasteiger partial charge in [-0.25, -0.2) is 9.55 Å². The van der Waals surface area contributed by atoms with Gasteiger partial charge in [-0.3, -0.25) is 0 Å². The quantitative estimate of drug-likeness (QED) is 0.530. The Morgan fingerprint density at radius 1 is 1.33 bits per heavy atom. The summed E-state index contributed by atoms with van der Waals surface area (Å²) in [6.45, 7) is 6.68. The Labute approximate surface area is 99.5 Å². The van der Waals surface area contributed by atoms with Crippen LogP contribution in [0.25, 0.3) is 0 Å². The van der Waals surface area contributed by atoms with E-state index in [1.165, 1.54) is 37.9 Å². The highest BCUT2D eigenvalue weighted by atomic mass is 35.5. The van der Waals surface area contributed by atoms with E-state index in [9.17, 15) is 0 Å². The van der Waals surface area contributed by atoms with Gasteiger partial charge in [-0.1, -0.05) is 26.2 Å². The minimum atomic E-state index is 0. The molecule has 1 heterocycles. The number of hydrogen-bond donors (Lipinski definition) is 1. The predicted molar refractivity (Wildman–Crippen MR) is 59.2 cm³/mol. The monoisotopic (exact) mass is 230 g/mol. The second kappa shape index (κ2) is 7.75. The maximum atomic E-state index is 3.21. The molecule has 1 aromatic heterocycles. The summed E-state index contributed by atoms with van der Waals surface area (Å²) in [7, 11) is 0. The van der Waals surface area contributed by atoms with Gasteiger partial charge < -0.3 is 12.4 Å². The number of halogens is 1. The van der Waals surface area contributed by atoms with Crippen molar-refractivity contribution >= 4 is 0 Å². The number of aryl methyl sites for hydroxylation is 1. The molecule has 1 atom stereocenters. The van der Waals surface area contributed by atoms with Crippen molar-refractivity contribution in [1.82, 2.24) is 4.98 Å². The van der Waals surface area contributed by atoms with Gasteiger partial charge in [-0.05, 0) is 19.8 Å². The molecule has 1 N–H and O–H groups in total. The lowest BCUT2D eigenvalue weighted by Crippen LogP contribution is -3.00. The number of hydrogen-bond acceptors (Lipinski definition) is 0. The summed E-state index contributed by atoms with van der Waals surface area (Å²) in [5, 5.41) is 0. The lowest BCUT2D eigenvalue weighted by molar-refractivity contribution is -0.724. The van der Waals surface area contributed by atoms with Gasteiger partial charge in [0.25, 0.3) is 5.82 Å². The van der Waals surface area contributed by atoms with Gasteiger partial charge in [-0.2, -0.15) is 0 Å². The number of nitrogens with zero attached hydrogens (tertiary/aromatic N) is 1. The van der Waals surface area contributed by atoms with Crippen LogP contribution < -0.4 is 17.0 Å². The van der Waals surface area contributed by atoms with E-state index in [-0.39, 0.29) is 12.4 Å². The third kappa shape index (κ3) is 4.70. The van der Waals surface area contributed by atoms with E-state index >= 15 is 0 Å². The van der Waals surface area contributed by atoms with Gasteiger partial charge in [0, 0.05) is 6.92 Å². The summed E-state index contributed by atoms with van der Waals surface area (Å²) >= 11 is 0. The lowest BCUT2D eigenvalue weighted by atomic mass is 10.1. The Morgan fingerprint density at radius 3 is 2.60 bits per heavy atom. The van der Waals surface area contributed by atoms with Crippen LogP contribution in [0.1, 0.15) is 57.8 Å². The first kappa shape index (κ1) is 14.5. The SMILES string of the molecule is CCCCCCC(C)[n+]1cc[nH]c1C.[Cl-]. The van der Waals surface area contributed by atoms with Crippen LogP contribution in [0.3, 0.4) is 0 Å². The number of aromatic amines is 1. The van der Waals surface area contributed by atoms with E-state index < -0.39 is 0 Å². The van der Waals surface area contributed by atoms with Crippen molar-refractivity contribution in [1.29, 1.82) is 0 Å². The van der Waals surface area contributed by atoms with Crippen molar-refractivity contribution in [3.63, 3.8) is 0 Å². The average Bonchev–Trinajstić information content (AvgIpc) is 2.59. The molecule has 2 nitrogen and oxygen atoms in total. The van der Waals surface area contributed by atoms with E-state index in [0.717, 1.165) is 0 Å². The zero-order chi connectivity index (χ0) is 10.4. The number of imidazole rings is 1. The topological polar surface area (TPSA) is 19.7 Å². The average molecular weight is 231 g/mol. The van der Waals surface area contributed by atoms with Gasteiger partial charge in [0.2, 0.25) is 0 Å². The number of nitrogens with one attached hydrogen (secondary N) is 1. The number of aromatic nitrogens is 2. The molecular weight excluding hydrogens is 208 g/mol. The first-order chi connectivity index (χ1) is 6.75. The molecule has 15 heavy (non-hydrogen) atoms. The molecule has 0 fully saturated rings. The van der Waals surface area contributed by atoms with Crippen LogP contribution in [0.2, 0.25) is 0 Å². The summed E-state index contributed by atoms with van der Waals surface area (Å²) in [5.74, 6) is 1.26. The maximum absolute atomic E-state index is 3.21. The Bertz CT molecular complexity index is 258. The Morgan fingerprint density at radius 2 is 2.07 bits per heavy atom. The molecule has 0 aliphatic carbocycles. The van der Waals surface area contributed by atoms with Crippen LogP contribution in [0.5, 0.6) is 0 Å². The van der Waals surface area contributed by atoms with Gasteiger partial charge in [-0.15, -0.1) is 0 Å². The first-order valence-electron chi connectivity index (χ1n) is 5.80. The molecule has 0 bridgehead atoms. The second-order valence-electron chi connectivity index (χ2n) is 4.15. The van der Waals surface area contributed by atoms with Gasteiger partial charge in [0.15, 0.2) is 0 Å². The highest BCUT2D eigenvalue weighted by Gasteiger charge is 2.12. The Kier molecular flexibility index (Phi) is 7.49. The summed E-state index contributed by atoms with van der Waals surface area (Å²) in [6, 6.07) is 0.637. The van der Waals surface area contributed by atoms with Gasteiger partial charge in [0.05, 0.1) is 6.04 Å². The zero-order valence-corrected chi connectivity index (χ0v) is 10.8. The summed E-state index contributed by atoms with van der Waals surface area (Å²) in [6.07, 6.45) is 10.9. The van der Waals surface area contributed by atoms with E-state index in [4.69, 9.17) is 0 Å². The molecule has 0 aromatic carbocycles. The smallest absolute Gasteiger partial charge is 0.251 e. The standard InChI is InChI=1S/C12H22N2.ClH/c1-4-5-6-7-8-11(2)14-10-9-13-12(14)3;/h9-11H,4-8H2,1-3H3;1H. The van der Waals surface area contributed by atoms with Crippen molar-refractivity contribution in [3.8, 4) is 0 Å². The number of H-pyrrole nitrogens is 1. The third-order valence-corrected chi connectivity index (χ3v) is 2.86. The number of rotatable bonds is 6. The zero-order valence-electron chi connectivity index (χ0n) is 10.1.